The van der Waals surface area contributed by atoms with Gasteiger partial charge in [-0.25, -0.2) is 4.39 Å². The molecule has 1 saturated heterocycles. The van der Waals surface area contributed by atoms with Crippen LogP contribution in [0.5, 0.6) is 0 Å². The minimum absolute atomic E-state index is 0.0103. The van der Waals surface area contributed by atoms with Gasteiger partial charge in [-0.15, -0.1) is 0 Å². The highest BCUT2D eigenvalue weighted by atomic mass is 19.1. The smallest absolute Gasteiger partial charge is 0.295 e. The van der Waals surface area contributed by atoms with Crippen LogP contribution in [-0.2, 0) is 14.3 Å². The number of ketones is 1. The van der Waals surface area contributed by atoms with Gasteiger partial charge in [-0.3, -0.25) is 19.7 Å². The number of carbonyl (C=O) groups is 2. The number of hydrogen-bond acceptors (Lipinski definition) is 7. The largest absolute Gasteiger partial charge is 0.507 e. The zero-order valence-electron chi connectivity index (χ0n) is 16.2. The minimum atomic E-state index is -1.01. The van der Waals surface area contributed by atoms with E-state index in [0.717, 1.165) is 0 Å². The van der Waals surface area contributed by atoms with Gasteiger partial charge in [0.2, 0.25) is 0 Å². The van der Waals surface area contributed by atoms with Crippen LogP contribution >= 0.6 is 0 Å². The Hall–Kier alpha value is -3.63. The average Bonchev–Trinajstić information content (AvgIpc) is 3.01. The predicted octanol–water partition coefficient (Wildman–Crippen LogP) is 2.16. The standard InChI is InChI=1S/C21H19FN2O7/c22-15-5-1-13(2-6-15)18-17(19(26)14-3-7-16(8-4-14)24(29)30)20(27)21(28)23(18)9-11-31-12-10-25/h1-8,18,25-26H,9-12H2/b19-17-. The van der Waals surface area contributed by atoms with Crippen molar-refractivity contribution in [3.05, 3.63) is 81.2 Å². The highest BCUT2D eigenvalue weighted by molar-refractivity contribution is 6.46. The van der Waals surface area contributed by atoms with Crippen molar-refractivity contribution < 1.29 is 33.9 Å². The molecule has 1 aliphatic rings. The van der Waals surface area contributed by atoms with Gasteiger partial charge in [-0.2, -0.15) is 0 Å². The first kappa shape index (κ1) is 22.1. The van der Waals surface area contributed by atoms with Crippen LogP contribution in [0.4, 0.5) is 10.1 Å². The third-order valence-corrected chi connectivity index (χ3v) is 4.79. The summed E-state index contributed by atoms with van der Waals surface area (Å²) in [6.07, 6.45) is 0. The van der Waals surface area contributed by atoms with Crippen molar-refractivity contribution in [3.63, 3.8) is 0 Å². The van der Waals surface area contributed by atoms with Gasteiger partial charge in [0, 0.05) is 24.2 Å². The van der Waals surface area contributed by atoms with E-state index < -0.39 is 34.2 Å². The molecule has 31 heavy (non-hydrogen) atoms. The lowest BCUT2D eigenvalue weighted by atomic mass is 9.95. The topological polar surface area (TPSA) is 130 Å². The van der Waals surface area contributed by atoms with Crippen LogP contribution in [0.2, 0.25) is 0 Å². The molecule has 1 heterocycles. The fraction of sp³-hybridized carbons (Fsp3) is 0.238. The number of likely N-dealkylation sites (tertiary alicyclic amines) is 1. The fourth-order valence-electron chi connectivity index (χ4n) is 3.33. The van der Waals surface area contributed by atoms with E-state index in [2.05, 4.69) is 0 Å². The van der Waals surface area contributed by atoms with Crippen molar-refractivity contribution in [2.45, 2.75) is 6.04 Å². The van der Waals surface area contributed by atoms with Crippen LogP contribution < -0.4 is 0 Å². The fourth-order valence-corrected chi connectivity index (χ4v) is 3.33. The summed E-state index contributed by atoms with van der Waals surface area (Å²) in [4.78, 5) is 36.9. The molecule has 0 radical (unpaired) electrons. The Morgan fingerprint density at radius 3 is 2.32 bits per heavy atom. The molecule has 2 N–H and O–H groups in total. The molecule has 0 spiro atoms. The van der Waals surface area contributed by atoms with E-state index in [-0.39, 0.29) is 43.2 Å². The second kappa shape index (κ2) is 9.45. The van der Waals surface area contributed by atoms with Crippen molar-refractivity contribution >= 4 is 23.1 Å². The average molecular weight is 430 g/mol. The van der Waals surface area contributed by atoms with Crippen LogP contribution in [-0.4, -0.2) is 58.1 Å². The Bertz CT molecular complexity index is 1020. The summed E-state index contributed by atoms with van der Waals surface area (Å²) in [7, 11) is 0. The summed E-state index contributed by atoms with van der Waals surface area (Å²) in [6, 6.07) is 9.01. The van der Waals surface area contributed by atoms with Gasteiger partial charge >= 0.3 is 0 Å². The lowest BCUT2D eigenvalue weighted by Gasteiger charge is -2.25. The first-order valence-corrected chi connectivity index (χ1v) is 9.32. The van der Waals surface area contributed by atoms with Crippen LogP contribution in [0.15, 0.2) is 54.1 Å². The van der Waals surface area contributed by atoms with Gasteiger partial charge in [0.05, 0.1) is 36.4 Å². The number of nitro groups is 1. The zero-order chi connectivity index (χ0) is 22.5. The number of aliphatic hydroxyl groups is 2. The SMILES string of the molecule is O=C1C(=O)N(CCOCCO)C(c2ccc(F)cc2)/C1=C(/O)c1ccc([N+](=O)[O-])cc1. The molecule has 10 heteroatoms. The highest BCUT2D eigenvalue weighted by Crippen LogP contribution is 2.39. The maximum atomic E-state index is 13.4. The van der Waals surface area contributed by atoms with Crippen molar-refractivity contribution in [3.8, 4) is 0 Å². The summed E-state index contributed by atoms with van der Waals surface area (Å²) >= 11 is 0. The summed E-state index contributed by atoms with van der Waals surface area (Å²) in [5.41, 5.74) is 0.0965. The van der Waals surface area contributed by atoms with Gasteiger partial charge in [-0.1, -0.05) is 12.1 Å². The zero-order valence-corrected chi connectivity index (χ0v) is 16.2. The molecule has 0 aromatic heterocycles. The number of nitrogens with zero attached hydrogens (tertiary/aromatic N) is 2. The normalized spacial score (nSPS) is 17.9. The quantitative estimate of drug-likeness (QED) is 0.164. The molecule has 3 rings (SSSR count). The van der Waals surface area contributed by atoms with E-state index in [4.69, 9.17) is 9.84 Å². The van der Waals surface area contributed by atoms with Crippen LogP contribution in [0, 0.1) is 15.9 Å². The van der Waals surface area contributed by atoms with Crippen molar-refractivity contribution in [2.75, 3.05) is 26.4 Å². The molecule has 1 unspecified atom stereocenters. The summed E-state index contributed by atoms with van der Waals surface area (Å²) in [5.74, 6) is -2.82. The van der Waals surface area contributed by atoms with Crippen molar-refractivity contribution in [2.24, 2.45) is 0 Å². The molecule has 1 amide bonds. The molecular weight excluding hydrogens is 411 g/mol. The molecule has 1 aliphatic heterocycles. The molecule has 9 nitrogen and oxygen atoms in total. The molecule has 162 valence electrons. The van der Waals surface area contributed by atoms with Gasteiger partial charge in [0.25, 0.3) is 17.4 Å². The van der Waals surface area contributed by atoms with Gasteiger partial charge in [-0.05, 0) is 29.8 Å². The van der Waals surface area contributed by atoms with E-state index in [0.29, 0.717) is 5.56 Å². The maximum absolute atomic E-state index is 13.4. The van der Waals surface area contributed by atoms with E-state index >= 15 is 0 Å². The third-order valence-electron chi connectivity index (χ3n) is 4.79. The van der Waals surface area contributed by atoms with E-state index in [1.54, 1.807) is 0 Å². The molecule has 2 aromatic rings. The Labute approximate surface area is 176 Å². The number of nitro benzene ring substituents is 1. The van der Waals surface area contributed by atoms with Crippen LogP contribution in [0.25, 0.3) is 5.76 Å². The monoisotopic (exact) mass is 430 g/mol. The number of benzene rings is 2. The lowest BCUT2D eigenvalue weighted by Crippen LogP contribution is -2.33. The lowest BCUT2D eigenvalue weighted by molar-refractivity contribution is -0.384. The Morgan fingerprint density at radius 2 is 1.74 bits per heavy atom. The number of hydrogen-bond donors (Lipinski definition) is 2. The number of ether oxygens (including phenoxy) is 1. The third kappa shape index (κ3) is 4.60. The second-order valence-corrected chi connectivity index (χ2v) is 6.68. The van der Waals surface area contributed by atoms with E-state index in [1.807, 2.05) is 0 Å². The second-order valence-electron chi connectivity index (χ2n) is 6.68. The van der Waals surface area contributed by atoms with E-state index in [9.17, 15) is 29.2 Å². The number of non-ortho nitro benzene ring substituents is 1. The van der Waals surface area contributed by atoms with E-state index in [1.165, 1.54) is 53.4 Å². The molecule has 1 atom stereocenters. The molecule has 0 bridgehead atoms. The van der Waals surface area contributed by atoms with Gasteiger partial charge < -0.3 is 19.8 Å². The molecule has 2 aromatic carbocycles. The van der Waals surface area contributed by atoms with Crippen LogP contribution in [0.1, 0.15) is 17.2 Å². The number of rotatable bonds is 8. The first-order valence-electron chi connectivity index (χ1n) is 9.32. The number of carbonyl (C=O) groups excluding carboxylic acids is 2. The number of halogens is 1. The minimum Gasteiger partial charge on any atom is -0.507 e. The van der Waals surface area contributed by atoms with Gasteiger partial charge in [0.15, 0.2) is 0 Å². The maximum Gasteiger partial charge on any atom is 0.295 e. The predicted molar refractivity (Wildman–Crippen MR) is 106 cm³/mol. The Morgan fingerprint density at radius 1 is 1.10 bits per heavy atom. The first-order chi connectivity index (χ1) is 14.8. The van der Waals surface area contributed by atoms with Crippen molar-refractivity contribution in [1.29, 1.82) is 0 Å². The van der Waals surface area contributed by atoms with Crippen LogP contribution in [0.3, 0.4) is 0 Å². The Kier molecular flexibility index (Phi) is 6.73. The Balaban J connectivity index is 2.05. The molecule has 0 aliphatic carbocycles. The molecule has 0 saturated carbocycles. The number of Topliss-reactive ketones (excluding diaryl/α,β-unsaturated/α-hetero) is 1. The highest BCUT2D eigenvalue weighted by Gasteiger charge is 2.45. The van der Waals surface area contributed by atoms with Crippen molar-refractivity contribution in [1.82, 2.24) is 4.90 Å². The summed E-state index contributed by atoms with van der Waals surface area (Å²) < 4.78 is 18.6. The molecule has 1 fully saturated rings. The van der Waals surface area contributed by atoms with Gasteiger partial charge in [0.1, 0.15) is 11.6 Å². The summed E-state index contributed by atoms with van der Waals surface area (Å²) in [5, 5.41) is 30.5. The number of amides is 1. The summed E-state index contributed by atoms with van der Waals surface area (Å²) in [6.45, 7) is -0.138. The number of aliphatic hydroxyl groups excluding tert-OH is 2. The molecular formula is C21H19FN2O7.